The van der Waals surface area contributed by atoms with E-state index >= 15 is 0 Å². The summed E-state index contributed by atoms with van der Waals surface area (Å²) in [5.74, 6) is -2.60. The van der Waals surface area contributed by atoms with Gasteiger partial charge in [-0.3, -0.25) is 27.7 Å². The maximum Gasteiger partial charge on any atom is 0.397 e. The Labute approximate surface area is 425 Å². The molecule has 0 bridgehead atoms. The molecular formula is C39H36N10O20S6. The number of carbonyl (C=O) groups excluding carboxylic acids is 1. The number of benzene rings is 6. The Morgan fingerprint density at radius 3 is 1.68 bits per heavy atom. The molecule has 11 N–H and O–H groups in total. The summed E-state index contributed by atoms with van der Waals surface area (Å²) in [5, 5.41) is 35.6. The van der Waals surface area contributed by atoms with Gasteiger partial charge in [0, 0.05) is 18.7 Å². The second-order valence-corrected chi connectivity index (χ2v) is 24.0. The maximum absolute atomic E-state index is 13.3. The van der Waals surface area contributed by atoms with Gasteiger partial charge in [-0.15, -0.1) is 20.5 Å². The normalized spacial score (nSPS) is 13.0. The van der Waals surface area contributed by atoms with Crippen molar-refractivity contribution in [1.29, 1.82) is 0 Å². The average molecular weight is 1160 g/mol. The Morgan fingerprint density at radius 2 is 1.13 bits per heavy atom. The van der Waals surface area contributed by atoms with Crippen molar-refractivity contribution in [1.82, 2.24) is 0 Å². The SMILES string of the molecule is COc1cc(N=Nc2ccc(NS(=O)(=O)c3ccc(N=Nc4c(S(=O)(=O)O)cc5cc(S(=O)(=O)O)c(N=Nc6ccc(S(=O)(=O)CCOS(=O)(=O)O)cc6S(=O)(=O)O)c(O)c5c4N)cc3)cc2)c(NC(C)=O)cc1N. The predicted octanol–water partition coefficient (Wildman–Crippen LogP) is 6.06. The molecule has 30 nitrogen and oxygen atoms in total. The number of nitrogens with one attached hydrogen (secondary N) is 2. The number of hydrogen-bond acceptors (Lipinski definition) is 24. The minimum atomic E-state index is -5.50. The summed E-state index contributed by atoms with van der Waals surface area (Å²) < 4.78 is 199. The van der Waals surface area contributed by atoms with E-state index in [1.54, 1.807) is 0 Å². The zero-order chi connectivity index (χ0) is 55.6. The number of anilines is 4. The third-order valence-corrected chi connectivity index (χ3v) is 15.9. The number of ether oxygens (including phenoxy) is 1. The van der Waals surface area contributed by atoms with E-state index < -0.39 is 138 Å². The molecule has 36 heteroatoms. The molecule has 0 aromatic heterocycles. The molecule has 1 amide bonds. The lowest BCUT2D eigenvalue weighted by Gasteiger charge is -2.14. The first-order chi connectivity index (χ1) is 34.7. The van der Waals surface area contributed by atoms with Crippen LogP contribution in [0.3, 0.4) is 0 Å². The predicted molar refractivity (Wildman–Crippen MR) is 263 cm³/mol. The van der Waals surface area contributed by atoms with E-state index in [4.69, 9.17) is 20.8 Å². The third kappa shape index (κ3) is 13.8. The highest BCUT2D eigenvalue weighted by atomic mass is 32.3. The van der Waals surface area contributed by atoms with E-state index in [0.717, 1.165) is 24.3 Å². The molecule has 6 aromatic carbocycles. The van der Waals surface area contributed by atoms with Crippen LogP contribution in [-0.2, 0) is 69.6 Å². The van der Waals surface area contributed by atoms with Gasteiger partial charge >= 0.3 is 10.4 Å². The Morgan fingerprint density at radius 1 is 0.613 bits per heavy atom. The first-order valence-corrected chi connectivity index (χ1v) is 28.8. The number of rotatable bonds is 19. The van der Waals surface area contributed by atoms with Crippen LogP contribution in [0.25, 0.3) is 10.8 Å². The van der Waals surface area contributed by atoms with E-state index in [9.17, 15) is 74.1 Å². The van der Waals surface area contributed by atoms with Crippen LogP contribution in [0.5, 0.6) is 11.5 Å². The fourth-order valence-electron chi connectivity index (χ4n) is 6.41. The summed E-state index contributed by atoms with van der Waals surface area (Å²) in [7, 11) is -28.9. The average Bonchev–Trinajstić information content (AvgIpc) is 3.29. The van der Waals surface area contributed by atoms with Gasteiger partial charge in [-0.2, -0.15) is 43.9 Å². The molecule has 0 aliphatic heterocycles. The quantitative estimate of drug-likeness (QED) is 0.0253. The van der Waals surface area contributed by atoms with Gasteiger partial charge in [-0.25, -0.2) is 21.0 Å². The number of azo groups is 3. The van der Waals surface area contributed by atoms with Crippen LogP contribution in [0.15, 0.2) is 146 Å². The van der Waals surface area contributed by atoms with Gasteiger partial charge < -0.3 is 26.6 Å². The van der Waals surface area contributed by atoms with E-state index in [1.807, 2.05) is 0 Å². The number of sulfonamides is 1. The minimum absolute atomic E-state index is 0.0865. The minimum Gasteiger partial charge on any atom is -0.505 e. The van der Waals surface area contributed by atoms with Crippen LogP contribution in [0.1, 0.15) is 6.92 Å². The maximum atomic E-state index is 13.3. The smallest absolute Gasteiger partial charge is 0.397 e. The molecule has 0 aliphatic rings. The van der Waals surface area contributed by atoms with Crippen LogP contribution in [0.4, 0.5) is 56.9 Å². The highest BCUT2D eigenvalue weighted by Crippen LogP contribution is 2.49. The van der Waals surface area contributed by atoms with Crippen LogP contribution < -0.4 is 26.2 Å². The Balaban J connectivity index is 1.30. The first kappa shape index (κ1) is 56.6. The molecule has 0 heterocycles. The lowest BCUT2D eigenvalue weighted by atomic mass is 10.1. The van der Waals surface area contributed by atoms with Crippen molar-refractivity contribution in [3.05, 3.63) is 91.0 Å². The number of methoxy groups -OCH3 is 1. The number of sulfone groups is 1. The summed E-state index contributed by atoms with van der Waals surface area (Å²) in [6, 6.07) is 15.5. The molecule has 0 atom stereocenters. The Kier molecular flexibility index (Phi) is 16.1. The van der Waals surface area contributed by atoms with Crippen molar-refractivity contribution in [2.24, 2.45) is 30.7 Å². The van der Waals surface area contributed by atoms with Crippen LogP contribution >= 0.6 is 0 Å². The molecular weight excluding hydrogens is 1120 g/mol. The summed E-state index contributed by atoms with van der Waals surface area (Å²) >= 11 is 0. The highest BCUT2D eigenvalue weighted by Gasteiger charge is 2.29. The Bertz CT molecular complexity index is 4110. The van der Waals surface area contributed by atoms with Crippen molar-refractivity contribution >= 4 is 134 Å². The molecule has 0 fully saturated rings. The monoisotopic (exact) mass is 1160 g/mol. The van der Waals surface area contributed by atoms with Crippen LogP contribution in [0.2, 0.25) is 0 Å². The van der Waals surface area contributed by atoms with Gasteiger partial charge in [0.2, 0.25) is 5.91 Å². The van der Waals surface area contributed by atoms with Crippen LogP contribution in [-0.4, -0.2) is 99.2 Å². The number of nitrogens with zero attached hydrogens (tertiary/aromatic N) is 6. The van der Waals surface area contributed by atoms with Crippen molar-refractivity contribution < 1.29 is 87.5 Å². The van der Waals surface area contributed by atoms with Crippen molar-refractivity contribution in [3.8, 4) is 11.5 Å². The van der Waals surface area contributed by atoms with Crippen molar-refractivity contribution in [2.45, 2.75) is 31.4 Å². The molecule has 6 rings (SSSR count). The summed E-state index contributed by atoms with van der Waals surface area (Å²) in [6.07, 6.45) is 0. The lowest BCUT2D eigenvalue weighted by Crippen LogP contribution is -2.16. The van der Waals surface area contributed by atoms with Crippen molar-refractivity contribution in [3.63, 3.8) is 0 Å². The molecule has 75 heavy (non-hydrogen) atoms. The van der Waals surface area contributed by atoms with E-state index in [1.165, 1.54) is 50.4 Å². The second-order valence-electron chi connectivity index (χ2n) is 15.0. The highest BCUT2D eigenvalue weighted by molar-refractivity contribution is 7.92. The fourth-order valence-corrected chi connectivity index (χ4v) is 11.0. The zero-order valence-corrected chi connectivity index (χ0v) is 42.6. The van der Waals surface area contributed by atoms with Gasteiger partial charge in [0.1, 0.15) is 43.2 Å². The van der Waals surface area contributed by atoms with Crippen LogP contribution in [0, 0.1) is 0 Å². The molecule has 0 unspecified atom stereocenters. The van der Waals surface area contributed by atoms with Gasteiger partial charge in [-0.1, -0.05) is 0 Å². The molecule has 0 radical (unpaired) electrons. The second kappa shape index (κ2) is 21.3. The molecule has 0 spiro atoms. The van der Waals surface area contributed by atoms with E-state index in [-0.39, 0.29) is 44.8 Å². The number of phenols is 1. The van der Waals surface area contributed by atoms with Gasteiger partial charge in [-0.05, 0) is 90.3 Å². The number of carbonyl (C=O) groups is 1. The number of nitrogen functional groups attached to an aromatic ring is 2. The lowest BCUT2D eigenvalue weighted by molar-refractivity contribution is -0.114. The fraction of sp³-hybridized carbons (Fsp3) is 0.103. The Hall–Kier alpha value is -7.65. The third-order valence-electron chi connectivity index (χ3n) is 9.74. The number of nitrogens with two attached hydrogens (primary N) is 2. The standard InChI is InChI=1S/C39H36N10O20S6/c1-20(50)42-29-18-27(40)31(68-2)19-30(29)46-43-22-3-5-24(6-4-22)49-71(54,55)25-9-7-23(8-10-25)44-47-37-33(73(59,60)61)15-21-16-34(74(62,63)64)38(39(51)35(21)36(37)41)48-45-28-12-11-26(17-32(28)72(56,57)58)70(52,53)14-13-69-75(65,66)67/h3-12,15-19,49,51H,13-14,40-41H2,1-2H3,(H,42,50)(H,56,57,58)(H,59,60,61)(H,62,63,64)(H,65,66,67). The summed E-state index contributed by atoms with van der Waals surface area (Å²) in [4.78, 5) is 6.73. The zero-order valence-electron chi connectivity index (χ0n) is 37.7. The first-order valence-electron chi connectivity index (χ1n) is 19.9. The van der Waals surface area contributed by atoms with Crippen molar-refractivity contribution in [2.75, 3.05) is 41.0 Å². The number of fused-ring (bicyclic) bond motifs is 1. The number of phenolic OH excluding ortho intramolecular Hbond substituents is 1. The number of hydrogen-bond donors (Lipinski definition) is 9. The topological polar surface area (TPSA) is 492 Å². The summed E-state index contributed by atoms with van der Waals surface area (Å²) in [5.41, 5.74) is 9.13. The number of amides is 1. The molecule has 0 aliphatic carbocycles. The molecule has 398 valence electrons. The summed E-state index contributed by atoms with van der Waals surface area (Å²) in [6.45, 7) is 0.151. The number of aromatic hydroxyl groups is 1. The van der Waals surface area contributed by atoms with E-state index in [2.05, 4.69) is 44.9 Å². The molecule has 6 aromatic rings. The van der Waals surface area contributed by atoms with Gasteiger partial charge in [0.25, 0.3) is 40.4 Å². The molecule has 0 saturated carbocycles. The largest absolute Gasteiger partial charge is 0.505 e. The molecule has 0 saturated heterocycles. The van der Waals surface area contributed by atoms with Gasteiger partial charge in [0.05, 0.1) is 63.1 Å². The van der Waals surface area contributed by atoms with Gasteiger partial charge in [0.15, 0.2) is 15.6 Å². The van der Waals surface area contributed by atoms with E-state index in [0.29, 0.717) is 30.3 Å².